The minimum Gasteiger partial charge on any atom is -0.310 e. The third-order valence-electron chi connectivity index (χ3n) is 5.34. The van der Waals surface area contributed by atoms with Gasteiger partial charge in [0.05, 0.1) is 11.5 Å². The Morgan fingerprint density at radius 2 is 2.04 bits per heavy atom. The van der Waals surface area contributed by atoms with E-state index >= 15 is 0 Å². The largest absolute Gasteiger partial charge is 0.310 e. The summed E-state index contributed by atoms with van der Waals surface area (Å²) in [6.45, 7) is 4.27. The van der Waals surface area contributed by atoms with Crippen LogP contribution < -0.4 is 5.32 Å². The summed E-state index contributed by atoms with van der Waals surface area (Å²) >= 11 is 0. The smallest absolute Gasteiger partial charge is 0.228 e. The number of carbonyl (C=O) groups excluding carboxylic acids is 1. The van der Waals surface area contributed by atoms with Crippen molar-refractivity contribution in [2.45, 2.75) is 38.5 Å². The van der Waals surface area contributed by atoms with Crippen LogP contribution in [0.4, 0.5) is 5.82 Å². The van der Waals surface area contributed by atoms with E-state index in [0.29, 0.717) is 5.82 Å². The van der Waals surface area contributed by atoms with Gasteiger partial charge in [0, 0.05) is 17.5 Å². The molecule has 1 amide bonds. The maximum atomic E-state index is 11.9. The standard InChI is InChI=1S/C19H19N3O/c1-18(2)10-19(18,11-20)15-6-5-13-9-21-16(8-14(13)7-15)22-17(23)12-3-4-12/h5-9,12H,3-4,10H2,1-2H3,(H,21,22,23). The van der Waals surface area contributed by atoms with Crippen molar-refractivity contribution in [1.82, 2.24) is 4.98 Å². The fourth-order valence-electron chi connectivity index (χ4n) is 3.42. The molecule has 2 saturated carbocycles. The molecule has 1 atom stereocenters. The van der Waals surface area contributed by atoms with E-state index in [1.165, 1.54) is 0 Å². The number of nitrogens with zero attached hydrogens (tertiary/aromatic N) is 2. The summed E-state index contributed by atoms with van der Waals surface area (Å²) in [5.74, 6) is 0.811. The van der Waals surface area contributed by atoms with Gasteiger partial charge >= 0.3 is 0 Å². The average molecular weight is 305 g/mol. The van der Waals surface area contributed by atoms with Crippen molar-refractivity contribution in [3.8, 4) is 6.07 Å². The van der Waals surface area contributed by atoms with Crippen LogP contribution in [0.5, 0.6) is 0 Å². The molecule has 1 aromatic heterocycles. The summed E-state index contributed by atoms with van der Waals surface area (Å²) in [7, 11) is 0. The highest BCUT2D eigenvalue weighted by molar-refractivity contribution is 5.95. The lowest BCUT2D eigenvalue weighted by molar-refractivity contribution is -0.117. The zero-order chi connectivity index (χ0) is 16.2. The topological polar surface area (TPSA) is 65.8 Å². The van der Waals surface area contributed by atoms with E-state index in [-0.39, 0.29) is 22.7 Å². The Labute approximate surface area is 135 Å². The van der Waals surface area contributed by atoms with E-state index in [9.17, 15) is 10.1 Å². The molecule has 4 rings (SSSR count). The maximum Gasteiger partial charge on any atom is 0.228 e. The zero-order valence-corrected chi connectivity index (χ0v) is 13.4. The Balaban J connectivity index is 1.70. The van der Waals surface area contributed by atoms with Gasteiger partial charge in [0.1, 0.15) is 5.82 Å². The number of hydrogen-bond acceptors (Lipinski definition) is 3. The van der Waals surface area contributed by atoms with E-state index in [1.807, 2.05) is 18.2 Å². The van der Waals surface area contributed by atoms with Gasteiger partial charge in [-0.25, -0.2) is 4.98 Å². The van der Waals surface area contributed by atoms with E-state index in [4.69, 9.17) is 0 Å². The fraction of sp³-hybridized carbons (Fsp3) is 0.421. The van der Waals surface area contributed by atoms with Crippen LogP contribution in [0.15, 0.2) is 30.5 Å². The molecule has 4 nitrogen and oxygen atoms in total. The Morgan fingerprint density at radius 1 is 1.30 bits per heavy atom. The monoisotopic (exact) mass is 305 g/mol. The Bertz CT molecular complexity index is 861. The molecule has 4 heteroatoms. The zero-order valence-electron chi connectivity index (χ0n) is 13.4. The van der Waals surface area contributed by atoms with E-state index in [0.717, 1.165) is 35.6 Å². The highest BCUT2D eigenvalue weighted by Gasteiger charge is 2.63. The highest BCUT2D eigenvalue weighted by atomic mass is 16.2. The first-order chi connectivity index (χ1) is 10.9. The number of anilines is 1. The third-order valence-corrected chi connectivity index (χ3v) is 5.34. The van der Waals surface area contributed by atoms with E-state index in [2.05, 4.69) is 36.3 Å². The summed E-state index contributed by atoms with van der Waals surface area (Å²) in [5.41, 5.74) is 0.691. The third kappa shape index (κ3) is 2.19. The maximum absolute atomic E-state index is 11.9. The van der Waals surface area contributed by atoms with Crippen molar-refractivity contribution in [3.05, 3.63) is 36.0 Å². The number of pyridine rings is 1. The SMILES string of the molecule is CC1(C)CC1(C#N)c1ccc2cnc(NC(=O)C3CC3)cc2c1. The molecule has 2 aliphatic carbocycles. The first-order valence-electron chi connectivity index (χ1n) is 8.08. The van der Waals surface area contributed by atoms with Gasteiger partial charge in [-0.3, -0.25) is 4.79 Å². The molecule has 0 radical (unpaired) electrons. The summed E-state index contributed by atoms with van der Waals surface area (Å²) < 4.78 is 0. The van der Waals surface area contributed by atoms with E-state index in [1.54, 1.807) is 6.20 Å². The van der Waals surface area contributed by atoms with E-state index < -0.39 is 0 Å². The van der Waals surface area contributed by atoms with Gasteiger partial charge in [-0.05, 0) is 47.8 Å². The fourth-order valence-corrected chi connectivity index (χ4v) is 3.42. The number of aromatic nitrogens is 1. The summed E-state index contributed by atoms with van der Waals surface area (Å²) in [6, 6.07) is 10.5. The number of fused-ring (bicyclic) bond motifs is 1. The molecule has 1 aromatic carbocycles. The Kier molecular flexibility index (Phi) is 2.81. The second-order valence-electron chi connectivity index (χ2n) is 7.47. The first-order valence-corrected chi connectivity index (χ1v) is 8.08. The number of nitrogens with one attached hydrogen (secondary N) is 1. The van der Waals surface area contributed by atoms with Gasteiger partial charge in [0.15, 0.2) is 0 Å². The van der Waals surface area contributed by atoms with Crippen LogP contribution in [0.25, 0.3) is 10.8 Å². The van der Waals surface area contributed by atoms with Crippen LogP contribution >= 0.6 is 0 Å². The predicted octanol–water partition coefficient (Wildman–Crippen LogP) is 3.77. The normalized spacial score (nSPS) is 24.9. The van der Waals surface area contributed by atoms with Crippen LogP contribution in [-0.2, 0) is 10.2 Å². The first kappa shape index (κ1) is 14.2. The molecule has 2 fully saturated rings. The van der Waals surface area contributed by atoms with Gasteiger partial charge in [-0.2, -0.15) is 5.26 Å². The quantitative estimate of drug-likeness (QED) is 0.938. The Morgan fingerprint density at radius 3 is 2.65 bits per heavy atom. The Hall–Kier alpha value is -2.41. The van der Waals surface area contributed by atoms with Crippen molar-refractivity contribution in [3.63, 3.8) is 0 Å². The lowest BCUT2D eigenvalue weighted by atomic mass is 9.88. The molecule has 2 aliphatic rings. The van der Waals surface area contributed by atoms with Crippen molar-refractivity contribution in [1.29, 1.82) is 5.26 Å². The molecule has 116 valence electrons. The lowest BCUT2D eigenvalue weighted by Gasteiger charge is -2.14. The molecule has 2 aromatic rings. The van der Waals surface area contributed by atoms with Crippen molar-refractivity contribution < 1.29 is 4.79 Å². The molecule has 1 unspecified atom stereocenters. The molecule has 0 bridgehead atoms. The molecular weight excluding hydrogens is 286 g/mol. The summed E-state index contributed by atoms with van der Waals surface area (Å²) in [4.78, 5) is 16.2. The number of carbonyl (C=O) groups is 1. The van der Waals surface area contributed by atoms with Crippen LogP contribution in [-0.4, -0.2) is 10.9 Å². The summed E-state index contributed by atoms with van der Waals surface area (Å²) in [5, 5.41) is 14.6. The van der Waals surface area contributed by atoms with Gasteiger partial charge in [0.2, 0.25) is 5.91 Å². The molecule has 23 heavy (non-hydrogen) atoms. The molecule has 0 saturated heterocycles. The van der Waals surface area contributed by atoms with Crippen LogP contribution in [0, 0.1) is 22.7 Å². The second kappa shape index (κ2) is 4.55. The number of benzene rings is 1. The average Bonchev–Trinajstić information content (AvgIpc) is 3.42. The van der Waals surface area contributed by atoms with Crippen molar-refractivity contribution >= 4 is 22.5 Å². The lowest BCUT2D eigenvalue weighted by Crippen LogP contribution is -2.14. The minimum atomic E-state index is -0.387. The predicted molar refractivity (Wildman–Crippen MR) is 88.8 cm³/mol. The van der Waals surface area contributed by atoms with Crippen LogP contribution in [0.3, 0.4) is 0 Å². The highest BCUT2D eigenvalue weighted by Crippen LogP contribution is 2.64. The number of nitriles is 1. The van der Waals surface area contributed by atoms with Crippen LogP contribution in [0.2, 0.25) is 0 Å². The van der Waals surface area contributed by atoms with Gasteiger partial charge in [-0.1, -0.05) is 26.0 Å². The van der Waals surface area contributed by atoms with Gasteiger partial charge < -0.3 is 5.32 Å². The van der Waals surface area contributed by atoms with Gasteiger partial charge in [0.25, 0.3) is 0 Å². The number of amides is 1. The van der Waals surface area contributed by atoms with Crippen molar-refractivity contribution in [2.75, 3.05) is 5.32 Å². The molecule has 1 heterocycles. The second-order valence-corrected chi connectivity index (χ2v) is 7.47. The van der Waals surface area contributed by atoms with Gasteiger partial charge in [-0.15, -0.1) is 0 Å². The molecule has 0 spiro atoms. The molecule has 0 aliphatic heterocycles. The minimum absolute atomic E-state index is 0.0193. The molecule has 1 N–H and O–H groups in total. The summed E-state index contributed by atoms with van der Waals surface area (Å²) in [6.07, 6.45) is 4.61. The number of rotatable bonds is 3. The molecular formula is C19H19N3O. The van der Waals surface area contributed by atoms with Crippen LogP contribution in [0.1, 0.15) is 38.7 Å². The number of hydrogen-bond donors (Lipinski definition) is 1. The van der Waals surface area contributed by atoms with Crippen molar-refractivity contribution in [2.24, 2.45) is 11.3 Å².